The Morgan fingerprint density at radius 3 is 2.47 bits per heavy atom. The van der Waals surface area contributed by atoms with Gasteiger partial charge in [0.15, 0.2) is 0 Å². The van der Waals surface area contributed by atoms with Crippen LogP contribution in [0, 0.1) is 5.92 Å². The maximum Gasteiger partial charge on any atom is 0.421 e. The number of sulfonamides is 1. The number of hydrogen-bond donors (Lipinski definition) is 2. The van der Waals surface area contributed by atoms with E-state index < -0.39 is 27.6 Å². The molecular weight excluding hydrogens is 521 g/mol. The lowest BCUT2D eigenvalue weighted by molar-refractivity contribution is -0.137. The highest BCUT2D eigenvalue weighted by Gasteiger charge is 2.35. The molecule has 2 N–H and O–H groups in total. The third-order valence-corrected chi connectivity index (χ3v) is 7.25. The summed E-state index contributed by atoms with van der Waals surface area (Å²) in [5.74, 6) is 0.188. The second-order valence-electron chi connectivity index (χ2n) is 9.14. The Hall–Kier alpha value is -3.74. The molecule has 38 heavy (non-hydrogen) atoms. The van der Waals surface area contributed by atoms with Crippen LogP contribution in [-0.2, 0) is 29.2 Å². The van der Waals surface area contributed by atoms with E-state index in [0.29, 0.717) is 23.6 Å². The molecule has 3 aromatic rings. The van der Waals surface area contributed by atoms with Gasteiger partial charge in [-0.05, 0) is 42.5 Å². The molecule has 9 nitrogen and oxygen atoms in total. The second-order valence-corrected chi connectivity index (χ2v) is 11.2. The first-order valence-electron chi connectivity index (χ1n) is 11.8. The number of anilines is 2. The number of carbonyl (C=O) groups is 1. The van der Waals surface area contributed by atoms with Gasteiger partial charge in [0.1, 0.15) is 23.0 Å². The van der Waals surface area contributed by atoms with Gasteiger partial charge in [0, 0.05) is 50.1 Å². The van der Waals surface area contributed by atoms with Crippen LogP contribution in [0.15, 0.2) is 48.8 Å². The van der Waals surface area contributed by atoms with Crippen molar-refractivity contribution < 1.29 is 26.4 Å². The Bertz CT molecular complexity index is 1410. The van der Waals surface area contributed by atoms with Gasteiger partial charge in [-0.15, -0.1) is 0 Å². The van der Waals surface area contributed by atoms with Gasteiger partial charge < -0.3 is 10.6 Å². The number of alkyl halides is 3. The van der Waals surface area contributed by atoms with E-state index in [4.69, 9.17) is 0 Å². The highest BCUT2D eigenvalue weighted by molar-refractivity contribution is 7.92. The summed E-state index contributed by atoms with van der Waals surface area (Å²) in [4.78, 5) is 24.3. The molecule has 202 valence electrons. The molecule has 1 aliphatic rings. The van der Waals surface area contributed by atoms with E-state index in [1.165, 1.54) is 13.2 Å². The van der Waals surface area contributed by atoms with Crippen LogP contribution in [0.5, 0.6) is 0 Å². The van der Waals surface area contributed by atoms with E-state index in [-0.39, 0.29) is 30.5 Å². The third kappa shape index (κ3) is 6.97. The standard InChI is InChI=1S/C25H27F3N6O3S/c1-34(38(2,36)37)23-19(4-3-11-29-23)14-31-22-20(25(26,27)28)15-30-21(33-22)12-16-7-9-18(10-8-16)24(35)32-13-17-5-6-17/h3-4,7-11,15,17H,5-6,12-14H2,1-2H3,(H,32,35)(H,30,31,33). The minimum Gasteiger partial charge on any atom is -0.365 e. The number of pyridine rings is 1. The van der Waals surface area contributed by atoms with Crippen molar-refractivity contribution >= 4 is 27.6 Å². The van der Waals surface area contributed by atoms with Crippen LogP contribution in [-0.4, -0.2) is 49.1 Å². The Balaban J connectivity index is 1.51. The van der Waals surface area contributed by atoms with Crippen LogP contribution in [0.3, 0.4) is 0 Å². The van der Waals surface area contributed by atoms with Crippen LogP contribution in [0.1, 0.15) is 45.7 Å². The number of rotatable bonds is 10. The zero-order valence-electron chi connectivity index (χ0n) is 20.8. The second kappa shape index (κ2) is 10.9. The molecule has 2 aromatic heterocycles. The van der Waals surface area contributed by atoms with Gasteiger partial charge in [-0.25, -0.2) is 23.4 Å². The molecule has 1 aromatic carbocycles. The molecule has 0 aliphatic heterocycles. The van der Waals surface area contributed by atoms with E-state index >= 15 is 0 Å². The molecule has 1 saturated carbocycles. The molecule has 1 aliphatic carbocycles. The van der Waals surface area contributed by atoms with Crippen molar-refractivity contribution in [1.82, 2.24) is 20.3 Å². The molecule has 0 bridgehead atoms. The fourth-order valence-corrected chi connectivity index (χ4v) is 4.13. The Labute approximate surface area is 218 Å². The molecule has 13 heteroatoms. The van der Waals surface area contributed by atoms with Gasteiger partial charge in [-0.1, -0.05) is 18.2 Å². The molecule has 4 rings (SSSR count). The number of nitrogens with one attached hydrogen (secondary N) is 2. The van der Waals surface area contributed by atoms with Crippen LogP contribution in [0.2, 0.25) is 0 Å². The summed E-state index contributed by atoms with van der Waals surface area (Å²) in [6.45, 7) is 0.494. The molecule has 2 heterocycles. The van der Waals surface area contributed by atoms with E-state index in [1.807, 2.05) is 0 Å². The van der Waals surface area contributed by atoms with Crippen molar-refractivity contribution in [2.75, 3.05) is 29.5 Å². The number of aromatic nitrogens is 3. The smallest absolute Gasteiger partial charge is 0.365 e. The van der Waals surface area contributed by atoms with Crippen molar-refractivity contribution in [2.45, 2.75) is 32.0 Å². The quantitative estimate of drug-likeness (QED) is 0.397. The van der Waals surface area contributed by atoms with Crippen LogP contribution in [0.4, 0.5) is 24.8 Å². The maximum absolute atomic E-state index is 13.7. The monoisotopic (exact) mass is 548 g/mol. The topological polar surface area (TPSA) is 117 Å². The number of amides is 1. The summed E-state index contributed by atoms with van der Waals surface area (Å²) in [7, 11) is -2.32. The molecule has 0 spiro atoms. The summed E-state index contributed by atoms with van der Waals surface area (Å²) in [6, 6.07) is 9.86. The summed E-state index contributed by atoms with van der Waals surface area (Å²) in [5, 5.41) is 5.56. The van der Waals surface area contributed by atoms with Gasteiger partial charge in [-0.3, -0.25) is 9.10 Å². The summed E-state index contributed by atoms with van der Waals surface area (Å²) >= 11 is 0. The Morgan fingerprint density at radius 2 is 1.84 bits per heavy atom. The predicted molar refractivity (Wildman–Crippen MR) is 136 cm³/mol. The van der Waals surface area contributed by atoms with Crippen molar-refractivity contribution in [3.63, 3.8) is 0 Å². The number of nitrogens with zero attached hydrogens (tertiary/aromatic N) is 4. The molecule has 1 amide bonds. The fraction of sp³-hybridized carbons (Fsp3) is 0.360. The zero-order chi connectivity index (χ0) is 27.5. The number of halogens is 3. The Morgan fingerprint density at radius 1 is 1.13 bits per heavy atom. The molecular formula is C25H27F3N6O3S. The largest absolute Gasteiger partial charge is 0.421 e. The molecule has 0 atom stereocenters. The molecule has 1 fully saturated rings. The lowest BCUT2D eigenvalue weighted by Crippen LogP contribution is -2.27. The Kier molecular flexibility index (Phi) is 7.86. The number of carbonyl (C=O) groups excluding carboxylic acids is 1. The first-order valence-corrected chi connectivity index (χ1v) is 13.7. The van der Waals surface area contributed by atoms with Gasteiger partial charge in [0.05, 0.1) is 6.26 Å². The first-order chi connectivity index (χ1) is 17.9. The van der Waals surface area contributed by atoms with Gasteiger partial charge in [-0.2, -0.15) is 13.2 Å². The lowest BCUT2D eigenvalue weighted by atomic mass is 10.1. The normalized spacial score (nSPS) is 13.7. The number of benzene rings is 1. The minimum absolute atomic E-state index is 0.0894. The third-order valence-electron chi connectivity index (χ3n) is 6.08. The van der Waals surface area contributed by atoms with E-state index in [1.54, 1.807) is 36.4 Å². The highest BCUT2D eigenvalue weighted by atomic mass is 32.2. The SMILES string of the molecule is CN(c1ncccc1CNc1nc(Cc2ccc(C(=O)NCC3CC3)cc2)ncc1C(F)(F)F)S(C)(=O)=O. The minimum atomic E-state index is -4.71. The summed E-state index contributed by atoms with van der Waals surface area (Å²) in [6.07, 6.45) is 0.812. The first kappa shape index (κ1) is 27.3. The van der Waals surface area contributed by atoms with Crippen molar-refractivity contribution in [1.29, 1.82) is 0 Å². The van der Waals surface area contributed by atoms with E-state index in [9.17, 15) is 26.4 Å². The van der Waals surface area contributed by atoms with Crippen LogP contribution >= 0.6 is 0 Å². The van der Waals surface area contributed by atoms with Gasteiger partial charge in [0.2, 0.25) is 10.0 Å². The van der Waals surface area contributed by atoms with Crippen molar-refractivity contribution in [3.8, 4) is 0 Å². The van der Waals surface area contributed by atoms with Crippen LogP contribution in [0.25, 0.3) is 0 Å². The lowest BCUT2D eigenvalue weighted by Gasteiger charge is -2.20. The van der Waals surface area contributed by atoms with E-state index in [2.05, 4.69) is 25.6 Å². The fourth-order valence-electron chi connectivity index (χ4n) is 3.65. The van der Waals surface area contributed by atoms with Crippen molar-refractivity contribution in [3.05, 3.63) is 76.9 Å². The molecule has 0 saturated heterocycles. The summed E-state index contributed by atoms with van der Waals surface area (Å²) < 4.78 is 65.9. The van der Waals surface area contributed by atoms with E-state index in [0.717, 1.165) is 35.2 Å². The average molecular weight is 549 g/mol. The summed E-state index contributed by atoms with van der Waals surface area (Å²) in [5.41, 5.74) is 0.533. The number of hydrogen-bond acceptors (Lipinski definition) is 7. The predicted octanol–water partition coefficient (Wildman–Crippen LogP) is 3.63. The van der Waals surface area contributed by atoms with Gasteiger partial charge in [0.25, 0.3) is 5.91 Å². The highest BCUT2D eigenvalue weighted by Crippen LogP contribution is 2.34. The molecule has 0 unspecified atom stereocenters. The average Bonchev–Trinajstić information content (AvgIpc) is 3.70. The maximum atomic E-state index is 13.7. The van der Waals surface area contributed by atoms with Crippen molar-refractivity contribution in [2.24, 2.45) is 5.92 Å². The van der Waals surface area contributed by atoms with Crippen LogP contribution < -0.4 is 14.9 Å². The zero-order valence-corrected chi connectivity index (χ0v) is 21.6. The van der Waals surface area contributed by atoms with Gasteiger partial charge >= 0.3 is 6.18 Å². The molecule has 0 radical (unpaired) electrons.